The molecule has 17 heavy (non-hydrogen) atoms. The average Bonchev–Trinajstić information content (AvgIpc) is 3.14. The standard InChI is InChI=1S/C14H28N2O/c1-2-15-14-5-3-8-16(11-14)9-4-10-17-12-13-6-7-13/h13-15H,2-12H2,1H3. The number of rotatable bonds is 8. The van der Waals surface area contributed by atoms with Crippen molar-refractivity contribution in [1.82, 2.24) is 10.2 Å². The second-order valence-electron chi connectivity index (χ2n) is 5.57. The molecular formula is C14H28N2O. The van der Waals surface area contributed by atoms with Crippen molar-refractivity contribution >= 4 is 0 Å². The van der Waals surface area contributed by atoms with Gasteiger partial charge in [0.2, 0.25) is 0 Å². The Bertz CT molecular complexity index is 204. The quantitative estimate of drug-likeness (QED) is 0.656. The van der Waals surface area contributed by atoms with Crippen LogP contribution in [0.5, 0.6) is 0 Å². The summed E-state index contributed by atoms with van der Waals surface area (Å²) in [6.07, 6.45) is 6.70. The van der Waals surface area contributed by atoms with Crippen molar-refractivity contribution in [2.75, 3.05) is 39.4 Å². The second kappa shape index (κ2) is 7.34. The zero-order valence-electron chi connectivity index (χ0n) is 11.3. The van der Waals surface area contributed by atoms with Crippen molar-refractivity contribution in [3.05, 3.63) is 0 Å². The highest BCUT2D eigenvalue weighted by Crippen LogP contribution is 2.28. The van der Waals surface area contributed by atoms with Gasteiger partial charge in [-0.2, -0.15) is 0 Å². The third kappa shape index (κ3) is 5.36. The maximum Gasteiger partial charge on any atom is 0.0494 e. The van der Waals surface area contributed by atoms with Gasteiger partial charge in [-0.15, -0.1) is 0 Å². The van der Waals surface area contributed by atoms with Gasteiger partial charge in [0.25, 0.3) is 0 Å². The van der Waals surface area contributed by atoms with Gasteiger partial charge in [0, 0.05) is 32.3 Å². The SMILES string of the molecule is CCNC1CCCN(CCCOCC2CC2)C1. The summed E-state index contributed by atoms with van der Waals surface area (Å²) < 4.78 is 5.68. The van der Waals surface area contributed by atoms with Crippen LogP contribution >= 0.6 is 0 Å². The van der Waals surface area contributed by atoms with E-state index in [2.05, 4.69) is 17.1 Å². The maximum atomic E-state index is 5.68. The number of nitrogens with zero attached hydrogens (tertiary/aromatic N) is 1. The average molecular weight is 240 g/mol. The van der Waals surface area contributed by atoms with Crippen LogP contribution in [-0.4, -0.2) is 50.3 Å². The van der Waals surface area contributed by atoms with Crippen LogP contribution in [0.25, 0.3) is 0 Å². The summed E-state index contributed by atoms with van der Waals surface area (Å²) in [6.45, 7) is 9.00. The second-order valence-corrected chi connectivity index (χ2v) is 5.57. The fourth-order valence-electron chi connectivity index (χ4n) is 2.64. The number of hydrogen-bond donors (Lipinski definition) is 1. The van der Waals surface area contributed by atoms with E-state index in [9.17, 15) is 0 Å². The Morgan fingerprint density at radius 3 is 2.94 bits per heavy atom. The molecule has 0 spiro atoms. The zero-order valence-corrected chi connectivity index (χ0v) is 11.3. The van der Waals surface area contributed by atoms with Gasteiger partial charge >= 0.3 is 0 Å². The van der Waals surface area contributed by atoms with E-state index < -0.39 is 0 Å². The Hall–Kier alpha value is -0.120. The van der Waals surface area contributed by atoms with E-state index in [1.807, 2.05) is 0 Å². The smallest absolute Gasteiger partial charge is 0.0494 e. The largest absolute Gasteiger partial charge is 0.381 e. The maximum absolute atomic E-state index is 5.68. The molecule has 1 heterocycles. The first kappa shape index (κ1) is 13.3. The minimum atomic E-state index is 0.723. The van der Waals surface area contributed by atoms with E-state index in [0.29, 0.717) is 0 Å². The molecule has 2 fully saturated rings. The summed E-state index contributed by atoms with van der Waals surface area (Å²) in [5, 5.41) is 3.57. The lowest BCUT2D eigenvalue weighted by molar-refractivity contribution is 0.105. The van der Waals surface area contributed by atoms with Gasteiger partial charge in [0.1, 0.15) is 0 Å². The van der Waals surface area contributed by atoms with E-state index in [0.717, 1.165) is 31.7 Å². The summed E-state index contributed by atoms with van der Waals surface area (Å²) in [7, 11) is 0. The van der Waals surface area contributed by atoms with Crippen LogP contribution in [0.4, 0.5) is 0 Å². The Labute approximate surface area is 106 Å². The molecule has 0 aromatic carbocycles. The Balaban J connectivity index is 1.48. The fraction of sp³-hybridized carbons (Fsp3) is 1.00. The summed E-state index contributed by atoms with van der Waals surface area (Å²) in [6, 6.07) is 0.723. The highest BCUT2D eigenvalue weighted by atomic mass is 16.5. The van der Waals surface area contributed by atoms with Crippen LogP contribution in [0.1, 0.15) is 39.0 Å². The summed E-state index contributed by atoms with van der Waals surface area (Å²) >= 11 is 0. The fourth-order valence-corrected chi connectivity index (χ4v) is 2.64. The summed E-state index contributed by atoms with van der Waals surface area (Å²) in [5.41, 5.74) is 0. The molecule has 3 nitrogen and oxygen atoms in total. The number of nitrogens with one attached hydrogen (secondary N) is 1. The highest BCUT2D eigenvalue weighted by Gasteiger charge is 2.21. The number of piperidine rings is 1. The van der Waals surface area contributed by atoms with E-state index in [1.165, 1.54) is 51.7 Å². The predicted molar refractivity (Wildman–Crippen MR) is 71.3 cm³/mol. The summed E-state index contributed by atoms with van der Waals surface area (Å²) in [4.78, 5) is 2.59. The first-order chi connectivity index (χ1) is 8.38. The van der Waals surface area contributed by atoms with Crippen LogP contribution in [0, 0.1) is 5.92 Å². The van der Waals surface area contributed by atoms with Crippen molar-refractivity contribution in [3.8, 4) is 0 Å². The van der Waals surface area contributed by atoms with Crippen LogP contribution in [-0.2, 0) is 4.74 Å². The van der Waals surface area contributed by atoms with E-state index in [-0.39, 0.29) is 0 Å². The summed E-state index contributed by atoms with van der Waals surface area (Å²) in [5.74, 6) is 0.906. The molecule has 2 rings (SSSR count). The van der Waals surface area contributed by atoms with Gasteiger partial charge in [0.05, 0.1) is 0 Å². The van der Waals surface area contributed by atoms with Crippen molar-refractivity contribution in [3.63, 3.8) is 0 Å². The molecule has 0 amide bonds. The van der Waals surface area contributed by atoms with Crippen molar-refractivity contribution in [2.24, 2.45) is 5.92 Å². The highest BCUT2D eigenvalue weighted by molar-refractivity contribution is 4.77. The topological polar surface area (TPSA) is 24.5 Å². The molecule has 2 aliphatic rings. The third-order valence-electron chi connectivity index (χ3n) is 3.81. The van der Waals surface area contributed by atoms with Crippen LogP contribution in [0.3, 0.4) is 0 Å². The Kier molecular flexibility index (Phi) is 5.75. The molecule has 1 saturated heterocycles. The van der Waals surface area contributed by atoms with Crippen molar-refractivity contribution < 1.29 is 4.74 Å². The minimum absolute atomic E-state index is 0.723. The van der Waals surface area contributed by atoms with Crippen molar-refractivity contribution in [1.29, 1.82) is 0 Å². The molecule has 0 aromatic rings. The van der Waals surface area contributed by atoms with Gasteiger partial charge < -0.3 is 15.0 Å². The van der Waals surface area contributed by atoms with Gasteiger partial charge in [-0.25, -0.2) is 0 Å². The molecule has 1 atom stereocenters. The Morgan fingerprint density at radius 2 is 2.18 bits per heavy atom. The molecule has 1 unspecified atom stereocenters. The van der Waals surface area contributed by atoms with E-state index >= 15 is 0 Å². The lowest BCUT2D eigenvalue weighted by atomic mass is 10.1. The molecule has 0 aromatic heterocycles. The van der Waals surface area contributed by atoms with Gasteiger partial charge in [0.15, 0.2) is 0 Å². The molecule has 100 valence electrons. The normalized spacial score (nSPS) is 26.3. The van der Waals surface area contributed by atoms with Gasteiger partial charge in [-0.1, -0.05) is 6.92 Å². The van der Waals surface area contributed by atoms with Crippen LogP contribution in [0.2, 0.25) is 0 Å². The monoisotopic (exact) mass is 240 g/mol. The zero-order chi connectivity index (χ0) is 11.9. The predicted octanol–water partition coefficient (Wildman–Crippen LogP) is 1.88. The van der Waals surface area contributed by atoms with Crippen LogP contribution < -0.4 is 5.32 Å². The van der Waals surface area contributed by atoms with Gasteiger partial charge in [-0.05, 0) is 51.1 Å². The molecule has 1 N–H and O–H groups in total. The third-order valence-corrected chi connectivity index (χ3v) is 3.81. The van der Waals surface area contributed by atoms with Crippen LogP contribution in [0.15, 0.2) is 0 Å². The van der Waals surface area contributed by atoms with E-state index in [4.69, 9.17) is 4.74 Å². The first-order valence-corrected chi connectivity index (χ1v) is 7.42. The molecule has 1 saturated carbocycles. The molecular weight excluding hydrogens is 212 g/mol. The minimum Gasteiger partial charge on any atom is -0.381 e. The first-order valence-electron chi connectivity index (χ1n) is 7.42. The number of likely N-dealkylation sites (tertiary alicyclic amines) is 1. The molecule has 1 aliphatic carbocycles. The number of likely N-dealkylation sites (N-methyl/N-ethyl adjacent to an activating group) is 1. The molecule has 3 heteroatoms. The lowest BCUT2D eigenvalue weighted by Gasteiger charge is -2.33. The van der Waals surface area contributed by atoms with Crippen molar-refractivity contribution in [2.45, 2.75) is 45.1 Å². The lowest BCUT2D eigenvalue weighted by Crippen LogP contribution is -2.45. The Morgan fingerprint density at radius 1 is 1.29 bits per heavy atom. The number of hydrogen-bond acceptors (Lipinski definition) is 3. The van der Waals surface area contributed by atoms with E-state index in [1.54, 1.807) is 0 Å². The van der Waals surface area contributed by atoms with Gasteiger partial charge in [-0.3, -0.25) is 0 Å². The number of ether oxygens (including phenoxy) is 1. The molecule has 1 aliphatic heterocycles. The molecule has 0 radical (unpaired) electrons. The molecule has 0 bridgehead atoms.